The number of thioether (sulfide) groups is 2. The molecule has 0 fully saturated rings. The van der Waals surface area contributed by atoms with Gasteiger partial charge < -0.3 is 4.90 Å². The fourth-order valence-corrected chi connectivity index (χ4v) is 5.70. The molecule has 4 rings (SSSR count). The summed E-state index contributed by atoms with van der Waals surface area (Å²) in [5.41, 5.74) is 1.52. The van der Waals surface area contributed by atoms with E-state index in [1.54, 1.807) is 24.1 Å². The van der Waals surface area contributed by atoms with E-state index in [0.717, 1.165) is 18.5 Å². The molecule has 2 aromatic carbocycles. The van der Waals surface area contributed by atoms with E-state index in [9.17, 15) is 9.59 Å². The van der Waals surface area contributed by atoms with Crippen molar-refractivity contribution in [2.45, 2.75) is 9.79 Å². The molecule has 0 atom stereocenters. The predicted molar refractivity (Wildman–Crippen MR) is 97.1 cm³/mol. The first-order valence-electron chi connectivity index (χ1n) is 6.87. The van der Waals surface area contributed by atoms with Crippen LogP contribution < -0.4 is 4.90 Å². The molecule has 0 radical (unpaired) electrons. The number of likely N-dealkylation sites (N-methyl/N-ethyl adjacent to an activating group) is 1. The number of carbonyl (C=O) groups excluding carboxylic acids is 2. The van der Waals surface area contributed by atoms with Crippen LogP contribution in [0.5, 0.6) is 0 Å². The van der Waals surface area contributed by atoms with Crippen LogP contribution in [-0.4, -0.2) is 18.7 Å². The van der Waals surface area contributed by atoms with Crippen LogP contribution in [0.2, 0.25) is 0 Å². The van der Waals surface area contributed by atoms with Gasteiger partial charge in [-0.15, -0.1) is 0 Å². The molecule has 0 aromatic heterocycles. The SMILES string of the molecule is CN1C(=O)C(=C2Sc3ccc(Br)cc3S2)C(=O)c2ccccc21. The lowest BCUT2D eigenvalue weighted by Gasteiger charge is -2.26. The van der Waals surface area contributed by atoms with Crippen LogP contribution in [-0.2, 0) is 4.79 Å². The third-order valence-corrected chi connectivity index (χ3v) is 6.81. The highest BCUT2D eigenvalue weighted by Gasteiger charge is 2.37. The first-order valence-corrected chi connectivity index (χ1v) is 9.30. The molecule has 0 N–H and O–H groups in total. The Bertz CT molecular complexity index is 907. The van der Waals surface area contributed by atoms with Crippen molar-refractivity contribution in [2.75, 3.05) is 11.9 Å². The average molecular weight is 404 g/mol. The van der Waals surface area contributed by atoms with Gasteiger partial charge in [0.15, 0.2) is 0 Å². The summed E-state index contributed by atoms with van der Waals surface area (Å²) in [6.45, 7) is 0. The molecule has 0 unspecified atom stereocenters. The maximum absolute atomic E-state index is 12.8. The minimum Gasteiger partial charge on any atom is -0.311 e. The molecule has 1 amide bonds. The molecule has 0 saturated heterocycles. The first kappa shape index (κ1) is 15.1. The number of halogens is 1. The van der Waals surface area contributed by atoms with E-state index in [1.807, 2.05) is 30.3 Å². The van der Waals surface area contributed by atoms with E-state index in [2.05, 4.69) is 15.9 Å². The van der Waals surface area contributed by atoms with E-state index < -0.39 is 0 Å². The summed E-state index contributed by atoms with van der Waals surface area (Å²) < 4.78 is 1.74. The summed E-state index contributed by atoms with van der Waals surface area (Å²) in [6, 6.07) is 13.2. The second-order valence-corrected chi connectivity index (χ2v) is 8.45. The number of ketones is 1. The monoisotopic (exact) mass is 403 g/mol. The minimum atomic E-state index is -0.240. The Morgan fingerprint density at radius 1 is 1.00 bits per heavy atom. The third-order valence-electron chi connectivity index (χ3n) is 3.77. The highest BCUT2D eigenvalue weighted by molar-refractivity contribution is 9.10. The smallest absolute Gasteiger partial charge is 0.263 e. The fraction of sp³-hybridized carbons (Fsp3) is 0.0588. The summed E-state index contributed by atoms with van der Waals surface area (Å²) in [4.78, 5) is 29.2. The summed E-state index contributed by atoms with van der Waals surface area (Å²) in [5.74, 6) is -0.429. The second-order valence-electron chi connectivity index (χ2n) is 5.17. The number of benzene rings is 2. The maximum atomic E-state index is 12.8. The number of para-hydroxylation sites is 1. The number of carbonyl (C=O) groups is 2. The maximum Gasteiger partial charge on any atom is 0.263 e. The van der Waals surface area contributed by atoms with Gasteiger partial charge in [-0.3, -0.25) is 9.59 Å². The normalized spacial score (nSPS) is 19.8. The van der Waals surface area contributed by atoms with Crippen LogP contribution in [0.4, 0.5) is 5.69 Å². The highest BCUT2D eigenvalue weighted by atomic mass is 79.9. The Labute approximate surface area is 150 Å². The molecule has 23 heavy (non-hydrogen) atoms. The van der Waals surface area contributed by atoms with Crippen LogP contribution in [0.15, 0.2) is 66.5 Å². The van der Waals surface area contributed by atoms with Gasteiger partial charge in [0, 0.05) is 26.9 Å². The summed E-state index contributed by atoms with van der Waals surface area (Å²) >= 11 is 6.43. The lowest BCUT2D eigenvalue weighted by atomic mass is 9.97. The van der Waals surface area contributed by atoms with E-state index in [-0.39, 0.29) is 17.3 Å². The van der Waals surface area contributed by atoms with Crippen molar-refractivity contribution in [3.63, 3.8) is 0 Å². The summed E-state index contributed by atoms with van der Waals surface area (Å²) in [7, 11) is 1.71. The summed E-state index contributed by atoms with van der Waals surface area (Å²) in [6.07, 6.45) is 0. The van der Waals surface area contributed by atoms with E-state index in [4.69, 9.17) is 0 Å². The zero-order valence-electron chi connectivity index (χ0n) is 12.0. The molecular formula is C17H10BrNO2S2. The fourth-order valence-electron chi connectivity index (χ4n) is 2.62. The molecule has 0 spiro atoms. The van der Waals surface area contributed by atoms with Gasteiger partial charge in [0.2, 0.25) is 5.78 Å². The minimum absolute atomic E-state index is 0.189. The van der Waals surface area contributed by atoms with Gasteiger partial charge in [-0.05, 0) is 30.3 Å². The molecule has 0 saturated carbocycles. The van der Waals surface area contributed by atoms with Crippen LogP contribution in [0.1, 0.15) is 10.4 Å². The van der Waals surface area contributed by atoms with Crippen LogP contribution in [0, 0.1) is 0 Å². The number of hydrogen-bond acceptors (Lipinski definition) is 4. The number of hydrogen-bond donors (Lipinski definition) is 0. The van der Waals surface area contributed by atoms with Gasteiger partial charge >= 0.3 is 0 Å². The second kappa shape index (κ2) is 5.54. The Balaban J connectivity index is 1.84. The van der Waals surface area contributed by atoms with Gasteiger partial charge in [0.1, 0.15) is 5.57 Å². The van der Waals surface area contributed by atoms with E-state index in [1.165, 1.54) is 23.5 Å². The lowest BCUT2D eigenvalue weighted by Crippen LogP contribution is -2.37. The molecule has 2 aliphatic rings. The number of rotatable bonds is 0. The number of nitrogens with zero attached hydrogens (tertiary/aromatic N) is 1. The highest BCUT2D eigenvalue weighted by Crippen LogP contribution is 2.53. The summed E-state index contributed by atoms with van der Waals surface area (Å²) in [5, 5.41) is 0. The van der Waals surface area contributed by atoms with Crippen molar-refractivity contribution < 1.29 is 9.59 Å². The van der Waals surface area contributed by atoms with Crippen molar-refractivity contribution >= 4 is 56.8 Å². The Morgan fingerprint density at radius 3 is 2.57 bits per heavy atom. The molecule has 114 valence electrons. The molecule has 6 heteroatoms. The van der Waals surface area contributed by atoms with E-state index >= 15 is 0 Å². The van der Waals surface area contributed by atoms with Crippen molar-refractivity contribution in [3.8, 4) is 0 Å². The number of fused-ring (bicyclic) bond motifs is 2. The van der Waals surface area contributed by atoms with Crippen molar-refractivity contribution in [3.05, 3.63) is 62.3 Å². The quantitative estimate of drug-likeness (QED) is 0.471. The van der Waals surface area contributed by atoms with E-state index in [0.29, 0.717) is 11.3 Å². The average Bonchev–Trinajstić information content (AvgIpc) is 2.95. The molecule has 3 nitrogen and oxygen atoms in total. The molecule has 0 aliphatic carbocycles. The Kier molecular flexibility index (Phi) is 3.63. The number of Topliss-reactive ketones (excluding diaryl/α,β-unsaturated/α-hetero) is 1. The van der Waals surface area contributed by atoms with Gasteiger partial charge in [0.05, 0.1) is 9.92 Å². The van der Waals surface area contributed by atoms with Crippen LogP contribution >= 0.6 is 39.5 Å². The first-order chi connectivity index (χ1) is 11.1. The van der Waals surface area contributed by atoms with Gasteiger partial charge in [-0.2, -0.15) is 0 Å². The van der Waals surface area contributed by atoms with Crippen molar-refractivity contribution in [1.82, 2.24) is 0 Å². The molecule has 0 bridgehead atoms. The number of amides is 1. The predicted octanol–water partition coefficient (Wildman–Crippen LogP) is 4.72. The third kappa shape index (κ3) is 2.36. The molecule has 2 aromatic rings. The Hall–Kier alpha value is -1.50. The number of anilines is 1. The van der Waals surface area contributed by atoms with Gasteiger partial charge in [-0.25, -0.2) is 0 Å². The zero-order chi connectivity index (χ0) is 16.1. The molecule has 2 aliphatic heterocycles. The van der Waals surface area contributed by atoms with Gasteiger partial charge in [-0.1, -0.05) is 51.6 Å². The zero-order valence-corrected chi connectivity index (χ0v) is 15.2. The largest absolute Gasteiger partial charge is 0.311 e. The van der Waals surface area contributed by atoms with Gasteiger partial charge in [0.25, 0.3) is 5.91 Å². The standard InChI is InChI=1S/C17H10BrNO2S2/c1-19-11-5-3-2-4-10(11)15(20)14(16(19)21)17-22-12-7-6-9(18)8-13(12)23-17/h2-8H,1H3. The topological polar surface area (TPSA) is 37.4 Å². The Morgan fingerprint density at radius 2 is 1.74 bits per heavy atom. The van der Waals surface area contributed by atoms with Crippen molar-refractivity contribution in [2.24, 2.45) is 0 Å². The lowest BCUT2D eigenvalue weighted by molar-refractivity contribution is -0.114. The molecular weight excluding hydrogens is 394 g/mol. The van der Waals surface area contributed by atoms with Crippen LogP contribution in [0.3, 0.4) is 0 Å². The van der Waals surface area contributed by atoms with Crippen LogP contribution in [0.25, 0.3) is 0 Å². The molecule has 2 heterocycles. The van der Waals surface area contributed by atoms with Crippen molar-refractivity contribution in [1.29, 1.82) is 0 Å².